The zero-order chi connectivity index (χ0) is 19.6. The number of hydrogen-bond donors (Lipinski definition) is 0. The number of anilines is 1. The van der Waals surface area contributed by atoms with Crippen molar-refractivity contribution in [3.63, 3.8) is 0 Å². The second kappa shape index (κ2) is 7.43. The molecule has 0 saturated carbocycles. The molecular formula is C24H21N3O2. The summed E-state index contributed by atoms with van der Waals surface area (Å²) >= 11 is 0. The van der Waals surface area contributed by atoms with Crippen LogP contribution >= 0.6 is 0 Å². The molecule has 0 bridgehead atoms. The zero-order valence-electron chi connectivity index (χ0n) is 16.0. The number of amides is 1. The molecule has 0 aliphatic carbocycles. The van der Waals surface area contributed by atoms with Gasteiger partial charge in [0, 0.05) is 30.2 Å². The molecule has 5 nitrogen and oxygen atoms in total. The number of imidazole rings is 1. The van der Waals surface area contributed by atoms with E-state index in [0.29, 0.717) is 17.9 Å². The molecule has 0 spiro atoms. The molecule has 5 heteroatoms. The average Bonchev–Trinajstić information content (AvgIpc) is 3.20. The van der Waals surface area contributed by atoms with E-state index in [-0.39, 0.29) is 5.91 Å². The Kier molecular flexibility index (Phi) is 4.48. The molecule has 0 atom stereocenters. The molecule has 0 radical (unpaired) electrons. The fourth-order valence-electron chi connectivity index (χ4n) is 3.83. The Hall–Kier alpha value is -3.60. The predicted octanol–water partition coefficient (Wildman–Crippen LogP) is 4.51. The summed E-state index contributed by atoms with van der Waals surface area (Å²) in [5.74, 6) is 0.675. The van der Waals surface area contributed by atoms with Crippen molar-refractivity contribution < 1.29 is 9.53 Å². The number of carbonyl (C=O) groups is 1. The van der Waals surface area contributed by atoms with E-state index in [1.165, 1.54) is 5.56 Å². The van der Waals surface area contributed by atoms with E-state index < -0.39 is 0 Å². The van der Waals surface area contributed by atoms with Crippen LogP contribution in [-0.4, -0.2) is 21.8 Å². The van der Waals surface area contributed by atoms with E-state index >= 15 is 0 Å². The molecule has 3 heterocycles. The maximum absolute atomic E-state index is 13.2. The van der Waals surface area contributed by atoms with Gasteiger partial charge in [-0.3, -0.25) is 4.79 Å². The van der Waals surface area contributed by atoms with Crippen LogP contribution in [0.4, 0.5) is 5.69 Å². The maximum atomic E-state index is 13.2. The van der Waals surface area contributed by atoms with Crippen LogP contribution in [0, 0.1) is 0 Å². The average molecular weight is 383 g/mol. The first kappa shape index (κ1) is 17.5. The topological polar surface area (TPSA) is 46.8 Å². The fraction of sp³-hybridized carbons (Fsp3) is 0.167. The Balaban J connectivity index is 1.34. The number of aromatic nitrogens is 2. The van der Waals surface area contributed by atoms with Crippen molar-refractivity contribution in [2.75, 3.05) is 11.4 Å². The summed E-state index contributed by atoms with van der Waals surface area (Å²) in [6.45, 7) is 1.09. The summed E-state index contributed by atoms with van der Waals surface area (Å²) in [5, 5.41) is 0. The quantitative estimate of drug-likeness (QED) is 0.521. The van der Waals surface area contributed by atoms with Crippen LogP contribution in [0.1, 0.15) is 28.0 Å². The van der Waals surface area contributed by atoms with E-state index in [4.69, 9.17) is 4.74 Å². The van der Waals surface area contributed by atoms with Gasteiger partial charge in [-0.25, -0.2) is 4.98 Å². The lowest BCUT2D eigenvalue weighted by molar-refractivity contribution is 0.0984. The van der Waals surface area contributed by atoms with Crippen molar-refractivity contribution >= 4 is 17.2 Å². The molecule has 0 fully saturated rings. The number of fused-ring (bicyclic) bond motifs is 2. The van der Waals surface area contributed by atoms with Gasteiger partial charge in [0.15, 0.2) is 0 Å². The first-order chi connectivity index (χ1) is 14.3. The molecule has 1 aliphatic rings. The minimum absolute atomic E-state index is 0.00956. The van der Waals surface area contributed by atoms with Gasteiger partial charge in [-0.1, -0.05) is 30.3 Å². The molecule has 0 unspecified atom stereocenters. The summed E-state index contributed by atoms with van der Waals surface area (Å²) in [6.07, 6.45) is 5.91. The van der Waals surface area contributed by atoms with Gasteiger partial charge in [-0.05, 0) is 54.8 Å². The maximum Gasteiger partial charge on any atom is 0.258 e. The summed E-state index contributed by atoms with van der Waals surface area (Å²) < 4.78 is 7.89. The molecule has 0 N–H and O–H groups in total. The Morgan fingerprint density at radius 2 is 1.93 bits per heavy atom. The lowest BCUT2D eigenvalue weighted by Gasteiger charge is -2.29. The van der Waals surface area contributed by atoms with Gasteiger partial charge in [0.1, 0.15) is 18.0 Å². The van der Waals surface area contributed by atoms with Crippen LogP contribution in [-0.2, 0) is 13.0 Å². The normalized spacial score (nSPS) is 13.3. The van der Waals surface area contributed by atoms with E-state index in [2.05, 4.69) is 11.1 Å². The molecule has 4 aromatic rings. The smallest absolute Gasteiger partial charge is 0.258 e. The number of hydrogen-bond acceptors (Lipinski definition) is 3. The van der Waals surface area contributed by atoms with Gasteiger partial charge in [0.05, 0.1) is 5.69 Å². The summed E-state index contributed by atoms with van der Waals surface area (Å²) in [5.41, 5.74) is 4.61. The van der Waals surface area contributed by atoms with E-state index in [9.17, 15) is 4.79 Å². The van der Waals surface area contributed by atoms with Crippen LogP contribution in [0.5, 0.6) is 5.75 Å². The van der Waals surface area contributed by atoms with Crippen molar-refractivity contribution in [3.05, 3.63) is 95.9 Å². The van der Waals surface area contributed by atoms with Gasteiger partial charge in [0.25, 0.3) is 5.91 Å². The fourth-order valence-corrected chi connectivity index (χ4v) is 3.83. The summed E-state index contributed by atoms with van der Waals surface area (Å²) in [6, 6.07) is 21.4. The Morgan fingerprint density at radius 1 is 1.03 bits per heavy atom. The first-order valence-corrected chi connectivity index (χ1v) is 9.83. The minimum Gasteiger partial charge on any atom is -0.487 e. The van der Waals surface area contributed by atoms with Crippen molar-refractivity contribution in [3.8, 4) is 5.75 Å². The van der Waals surface area contributed by atoms with Gasteiger partial charge in [0.2, 0.25) is 0 Å². The Labute approximate surface area is 169 Å². The van der Waals surface area contributed by atoms with Gasteiger partial charge < -0.3 is 14.0 Å². The molecule has 1 amide bonds. The second-order valence-electron chi connectivity index (χ2n) is 7.20. The van der Waals surface area contributed by atoms with E-state index in [1.54, 1.807) is 0 Å². The van der Waals surface area contributed by atoms with Gasteiger partial charge >= 0.3 is 0 Å². The van der Waals surface area contributed by atoms with Crippen molar-refractivity contribution in [1.82, 2.24) is 9.38 Å². The number of benzene rings is 2. The predicted molar refractivity (Wildman–Crippen MR) is 112 cm³/mol. The van der Waals surface area contributed by atoms with Crippen LogP contribution in [0.3, 0.4) is 0 Å². The molecule has 5 rings (SSSR count). The van der Waals surface area contributed by atoms with Crippen molar-refractivity contribution in [1.29, 1.82) is 0 Å². The summed E-state index contributed by atoms with van der Waals surface area (Å²) in [7, 11) is 0. The molecule has 29 heavy (non-hydrogen) atoms. The van der Waals surface area contributed by atoms with Crippen LogP contribution in [0.15, 0.2) is 79.1 Å². The molecule has 144 valence electrons. The van der Waals surface area contributed by atoms with Gasteiger partial charge in [-0.2, -0.15) is 0 Å². The number of rotatable bonds is 4. The molecular weight excluding hydrogens is 362 g/mol. The van der Waals surface area contributed by atoms with Crippen molar-refractivity contribution in [2.45, 2.75) is 19.4 Å². The molecule has 1 aliphatic heterocycles. The number of ether oxygens (including phenoxy) is 1. The first-order valence-electron chi connectivity index (χ1n) is 9.83. The lowest BCUT2D eigenvalue weighted by atomic mass is 10.0. The second-order valence-corrected chi connectivity index (χ2v) is 7.20. The number of carbonyl (C=O) groups excluding carboxylic acids is 1. The van der Waals surface area contributed by atoms with Crippen molar-refractivity contribution in [2.24, 2.45) is 0 Å². The number of aryl methyl sites for hydroxylation is 1. The molecule has 0 saturated heterocycles. The third-order valence-electron chi connectivity index (χ3n) is 5.24. The minimum atomic E-state index is 0.00956. The van der Waals surface area contributed by atoms with Crippen LogP contribution in [0.2, 0.25) is 0 Å². The molecule has 2 aromatic carbocycles. The van der Waals surface area contributed by atoms with E-state index in [1.807, 2.05) is 82.4 Å². The third-order valence-corrected chi connectivity index (χ3v) is 5.24. The van der Waals surface area contributed by atoms with E-state index in [0.717, 1.165) is 36.4 Å². The summed E-state index contributed by atoms with van der Waals surface area (Å²) in [4.78, 5) is 19.6. The highest BCUT2D eigenvalue weighted by Crippen LogP contribution is 2.28. The Morgan fingerprint density at radius 3 is 2.86 bits per heavy atom. The van der Waals surface area contributed by atoms with Crippen LogP contribution in [0.25, 0.3) is 5.65 Å². The van der Waals surface area contributed by atoms with Crippen LogP contribution < -0.4 is 9.64 Å². The highest BCUT2D eigenvalue weighted by atomic mass is 16.5. The number of pyridine rings is 1. The largest absolute Gasteiger partial charge is 0.487 e. The zero-order valence-corrected chi connectivity index (χ0v) is 16.0. The number of para-hydroxylation sites is 1. The SMILES string of the molecule is O=C(c1cccc(OCc2cn3ccccc3n2)c1)N1CCCc2ccccc21. The number of nitrogens with zero attached hydrogens (tertiary/aromatic N) is 3. The third kappa shape index (κ3) is 3.47. The standard InChI is InChI=1S/C24H21N3O2/c28-24(27-14-6-9-18-7-1-2-11-22(18)27)19-8-5-10-21(15-19)29-17-20-16-26-13-4-3-12-23(26)25-20/h1-5,7-8,10-13,15-16H,6,9,14,17H2. The highest BCUT2D eigenvalue weighted by molar-refractivity contribution is 6.07. The lowest BCUT2D eigenvalue weighted by Crippen LogP contribution is -2.35. The highest BCUT2D eigenvalue weighted by Gasteiger charge is 2.23. The monoisotopic (exact) mass is 383 g/mol. The Bertz CT molecular complexity index is 1150. The molecule has 2 aromatic heterocycles. The van der Waals surface area contributed by atoms with Gasteiger partial charge in [-0.15, -0.1) is 0 Å².